The highest BCUT2D eigenvalue weighted by Gasteiger charge is 2.31. The fourth-order valence-electron chi connectivity index (χ4n) is 2.22. The topological polar surface area (TPSA) is 18.0 Å². The summed E-state index contributed by atoms with van der Waals surface area (Å²) >= 11 is 0. The summed E-state index contributed by atoms with van der Waals surface area (Å²) < 4.78 is 44.7. The SMILES string of the molecule is CCCn1cc[n+](Cc2cccc(OC(F)(F)F)c2)c1C. The van der Waals surface area contributed by atoms with Crippen molar-refractivity contribution >= 4 is 0 Å². The van der Waals surface area contributed by atoms with Gasteiger partial charge < -0.3 is 4.74 Å². The maximum Gasteiger partial charge on any atom is 0.573 e. The molecule has 0 unspecified atom stereocenters. The minimum absolute atomic E-state index is 0.189. The van der Waals surface area contributed by atoms with Crippen molar-refractivity contribution < 1.29 is 22.5 Å². The molecule has 0 aliphatic rings. The summed E-state index contributed by atoms with van der Waals surface area (Å²) in [6.45, 7) is 5.53. The van der Waals surface area contributed by atoms with Crippen LogP contribution in [0.1, 0.15) is 24.7 Å². The lowest BCUT2D eigenvalue weighted by Crippen LogP contribution is -2.36. The highest BCUT2D eigenvalue weighted by molar-refractivity contribution is 5.28. The van der Waals surface area contributed by atoms with Crippen LogP contribution in [0.15, 0.2) is 36.7 Å². The third-order valence-electron chi connectivity index (χ3n) is 3.21. The number of imidazole rings is 1. The zero-order valence-electron chi connectivity index (χ0n) is 12.0. The Hall–Kier alpha value is -1.98. The third-order valence-corrected chi connectivity index (χ3v) is 3.21. The number of hydrogen-bond donors (Lipinski definition) is 0. The maximum absolute atomic E-state index is 12.2. The van der Waals surface area contributed by atoms with Gasteiger partial charge in [0.1, 0.15) is 24.7 Å². The summed E-state index contributed by atoms with van der Waals surface area (Å²) in [5.74, 6) is 0.880. The Morgan fingerprint density at radius 1 is 1.29 bits per heavy atom. The largest absolute Gasteiger partial charge is 0.573 e. The van der Waals surface area contributed by atoms with E-state index in [1.807, 2.05) is 23.9 Å². The molecule has 114 valence electrons. The Kier molecular flexibility index (Phi) is 4.55. The minimum Gasteiger partial charge on any atom is -0.406 e. The smallest absolute Gasteiger partial charge is 0.406 e. The predicted octanol–water partition coefficient (Wildman–Crippen LogP) is 3.44. The van der Waals surface area contributed by atoms with Crippen molar-refractivity contribution in [3.05, 3.63) is 48.0 Å². The fraction of sp³-hybridized carbons (Fsp3) is 0.400. The van der Waals surface area contributed by atoms with E-state index in [2.05, 4.69) is 16.2 Å². The number of ether oxygens (including phenoxy) is 1. The van der Waals surface area contributed by atoms with Crippen molar-refractivity contribution in [1.29, 1.82) is 0 Å². The molecule has 1 aromatic carbocycles. The number of benzene rings is 1. The maximum atomic E-state index is 12.2. The summed E-state index contributed by atoms with van der Waals surface area (Å²) in [6.07, 6.45) is 0.285. The summed E-state index contributed by atoms with van der Waals surface area (Å²) in [7, 11) is 0. The van der Waals surface area contributed by atoms with Gasteiger partial charge in [-0.05, 0) is 24.1 Å². The van der Waals surface area contributed by atoms with Gasteiger partial charge in [0, 0.05) is 6.92 Å². The van der Waals surface area contributed by atoms with E-state index in [1.165, 1.54) is 12.1 Å². The molecule has 21 heavy (non-hydrogen) atoms. The first-order valence-electron chi connectivity index (χ1n) is 6.79. The van der Waals surface area contributed by atoms with Crippen molar-refractivity contribution in [1.82, 2.24) is 4.57 Å². The van der Waals surface area contributed by atoms with E-state index in [-0.39, 0.29) is 5.75 Å². The monoisotopic (exact) mass is 299 g/mol. The van der Waals surface area contributed by atoms with E-state index in [0.29, 0.717) is 6.54 Å². The first-order valence-corrected chi connectivity index (χ1v) is 6.79. The lowest BCUT2D eigenvalue weighted by atomic mass is 10.2. The van der Waals surface area contributed by atoms with E-state index in [4.69, 9.17) is 0 Å². The molecule has 0 aliphatic heterocycles. The zero-order valence-corrected chi connectivity index (χ0v) is 12.0. The molecule has 3 nitrogen and oxygen atoms in total. The summed E-state index contributed by atoms with van der Waals surface area (Å²) in [5, 5.41) is 0. The van der Waals surface area contributed by atoms with Gasteiger partial charge in [0.25, 0.3) is 5.82 Å². The molecule has 0 radical (unpaired) electrons. The first-order chi connectivity index (χ1) is 9.89. The molecule has 0 saturated heterocycles. The van der Waals surface area contributed by atoms with Crippen LogP contribution >= 0.6 is 0 Å². The van der Waals surface area contributed by atoms with Crippen molar-refractivity contribution in [2.24, 2.45) is 0 Å². The van der Waals surface area contributed by atoms with Gasteiger partial charge in [-0.3, -0.25) is 0 Å². The molecule has 0 amide bonds. The first kappa shape index (κ1) is 15.4. The van der Waals surface area contributed by atoms with Gasteiger partial charge in [-0.15, -0.1) is 13.2 Å². The van der Waals surface area contributed by atoms with Crippen molar-refractivity contribution in [3.63, 3.8) is 0 Å². The summed E-state index contributed by atoms with van der Waals surface area (Å²) in [6, 6.07) is 6.07. The Balaban J connectivity index is 2.14. The number of hydrogen-bond acceptors (Lipinski definition) is 1. The van der Waals surface area contributed by atoms with Crippen LogP contribution in [-0.2, 0) is 13.1 Å². The molecule has 0 saturated carbocycles. The zero-order chi connectivity index (χ0) is 15.5. The average molecular weight is 299 g/mol. The number of nitrogens with zero attached hydrogens (tertiary/aromatic N) is 2. The lowest BCUT2D eigenvalue weighted by Gasteiger charge is -2.09. The van der Waals surface area contributed by atoms with Crippen molar-refractivity contribution in [3.8, 4) is 5.75 Å². The minimum atomic E-state index is -4.66. The van der Waals surface area contributed by atoms with Crippen LogP contribution in [-0.4, -0.2) is 10.9 Å². The van der Waals surface area contributed by atoms with E-state index in [1.54, 1.807) is 12.1 Å². The fourth-order valence-corrected chi connectivity index (χ4v) is 2.22. The molecule has 6 heteroatoms. The molecular formula is C15H18F3N2O+. The Morgan fingerprint density at radius 2 is 2.05 bits per heavy atom. The van der Waals surface area contributed by atoms with Gasteiger partial charge in [-0.1, -0.05) is 19.1 Å². The second-order valence-corrected chi connectivity index (χ2v) is 4.86. The average Bonchev–Trinajstić information content (AvgIpc) is 2.71. The molecule has 0 fully saturated rings. The molecule has 0 aliphatic carbocycles. The second-order valence-electron chi connectivity index (χ2n) is 4.86. The molecule has 2 aromatic rings. The van der Waals surface area contributed by atoms with Gasteiger partial charge in [0.2, 0.25) is 0 Å². The lowest BCUT2D eigenvalue weighted by molar-refractivity contribution is -0.694. The van der Waals surface area contributed by atoms with Crippen LogP contribution in [0.5, 0.6) is 5.75 Å². The van der Waals surface area contributed by atoms with E-state index in [0.717, 1.165) is 24.4 Å². The number of rotatable bonds is 5. The van der Waals surface area contributed by atoms with Crippen LogP contribution in [0.3, 0.4) is 0 Å². The highest BCUT2D eigenvalue weighted by atomic mass is 19.4. The van der Waals surface area contributed by atoms with Gasteiger partial charge in [0.15, 0.2) is 0 Å². The molecule has 0 atom stereocenters. The van der Waals surface area contributed by atoms with Gasteiger partial charge in [-0.2, -0.15) is 0 Å². The molecular weight excluding hydrogens is 281 g/mol. The Labute approximate surface area is 121 Å². The summed E-state index contributed by atoms with van der Waals surface area (Å²) in [4.78, 5) is 0. The highest BCUT2D eigenvalue weighted by Crippen LogP contribution is 2.23. The van der Waals surface area contributed by atoms with E-state index >= 15 is 0 Å². The van der Waals surface area contributed by atoms with Crippen LogP contribution in [0.2, 0.25) is 0 Å². The van der Waals surface area contributed by atoms with Crippen LogP contribution in [0, 0.1) is 6.92 Å². The van der Waals surface area contributed by atoms with E-state index in [9.17, 15) is 13.2 Å². The number of aromatic nitrogens is 2. The third kappa shape index (κ3) is 4.24. The standard InChI is InChI=1S/C15H18F3N2O/c1-3-7-19-8-9-20(12(19)2)11-13-5-4-6-14(10-13)21-15(16,17)18/h4-6,8-10H,3,7,11H2,1-2H3/q+1. The van der Waals surface area contributed by atoms with Crippen LogP contribution in [0.4, 0.5) is 13.2 Å². The number of alkyl halides is 3. The van der Waals surface area contributed by atoms with Crippen LogP contribution in [0.25, 0.3) is 0 Å². The number of halogens is 3. The quantitative estimate of drug-likeness (QED) is 0.773. The molecule has 0 N–H and O–H groups in total. The second kappa shape index (κ2) is 6.20. The normalized spacial score (nSPS) is 11.7. The van der Waals surface area contributed by atoms with Gasteiger partial charge in [0.05, 0.1) is 6.54 Å². The molecule has 1 aromatic heterocycles. The number of aryl methyl sites for hydroxylation is 1. The van der Waals surface area contributed by atoms with Crippen molar-refractivity contribution in [2.45, 2.75) is 39.7 Å². The summed E-state index contributed by atoms with van der Waals surface area (Å²) in [5.41, 5.74) is 0.763. The van der Waals surface area contributed by atoms with Crippen molar-refractivity contribution in [2.75, 3.05) is 0 Å². The Bertz CT molecular complexity index is 605. The van der Waals surface area contributed by atoms with Gasteiger partial charge >= 0.3 is 6.36 Å². The molecule has 0 bridgehead atoms. The Morgan fingerprint density at radius 3 is 2.71 bits per heavy atom. The molecule has 2 rings (SSSR count). The molecule has 0 spiro atoms. The van der Waals surface area contributed by atoms with Crippen LogP contribution < -0.4 is 9.30 Å². The predicted molar refractivity (Wildman–Crippen MR) is 71.9 cm³/mol. The molecule has 1 heterocycles. The van der Waals surface area contributed by atoms with Gasteiger partial charge in [-0.25, -0.2) is 9.13 Å². The van der Waals surface area contributed by atoms with E-state index < -0.39 is 6.36 Å².